The first-order chi connectivity index (χ1) is 13.2. The van der Waals surface area contributed by atoms with E-state index >= 15 is 0 Å². The fraction of sp³-hybridized carbons (Fsp3) is 0.591. The van der Waals surface area contributed by atoms with Crippen molar-refractivity contribution in [2.45, 2.75) is 32.6 Å². The third-order valence-electron chi connectivity index (χ3n) is 6.19. The number of likely N-dealkylation sites (tertiary alicyclic amines) is 2. The van der Waals surface area contributed by atoms with Crippen LogP contribution < -0.4 is 0 Å². The van der Waals surface area contributed by atoms with Crippen LogP contribution in [0.2, 0.25) is 0 Å². The van der Waals surface area contributed by atoms with Gasteiger partial charge in [-0.1, -0.05) is 30.3 Å². The highest BCUT2D eigenvalue weighted by Crippen LogP contribution is 2.39. The highest BCUT2D eigenvalue weighted by molar-refractivity contribution is 5.92. The molecule has 0 aromatic heterocycles. The van der Waals surface area contributed by atoms with Gasteiger partial charge in [-0.3, -0.25) is 4.79 Å². The van der Waals surface area contributed by atoms with E-state index in [9.17, 15) is 4.79 Å². The van der Waals surface area contributed by atoms with E-state index < -0.39 is 0 Å². The number of benzene rings is 1. The molecule has 1 amide bonds. The molecule has 1 spiro atoms. The smallest absolute Gasteiger partial charge is 0.292 e. The number of allylic oxidation sites excluding steroid dienone is 1. The van der Waals surface area contributed by atoms with Gasteiger partial charge in [0.05, 0.1) is 0 Å². The standard InChI is InChI=1S/C22H30N2O3/c1-18-20(27-15-14-26-18)21(25)24-13-10-22(17-24)9-5-11-23(16-22)12-8-19-6-3-2-4-7-19/h2-4,6-7H,5,8-17H2,1H3. The van der Waals surface area contributed by atoms with Gasteiger partial charge in [0.2, 0.25) is 5.76 Å². The second-order valence-electron chi connectivity index (χ2n) is 8.17. The number of hydrogen-bond acceptors (Lipinski definition) is 4. The Morgan fingerprint density at radius 2 is 1.89 bits per heavy atom. The summed E-state index contributed by atoms with van der Waals surface area (Å²) in [7, 11) is 0. The number of amides is 1. The molecule has 0 saturated carbocycles. The summed E-state index contributed by atoms with van der Waals surface area (Å²) in [6.07, 6.45) is 4.62. The molecule has 0 bridgehead atoms. The third-order valence-corrected chi connectivity index (χ3v) is 6.19. The van der Waals surface area contributed by atoms with Crippen LogP contribution in [0.15, 0.2) is 41.9 Å². The fourth-order valence-electron chi connectivity index (χ4n) is 4.74. The second-order valence-corrected chi connectivity index (χ2v) is 8.17. The van der Waals surface area contributed by atoms with Gasteiger partial charge < -0.3 is 19.3 Å². The molecule has 27 heavy (non-hydrogen) atoms. The molecule has 3 heterocycles. The predicted octanol–water partition coefficient (Wildman–Crippen LogP) is 2.82. The Balaban J connectivity index is 1.35. The van der Waals surface area contributed by atoms with Crippen molar-refractivity contribution in [2.24, 2.45) is 5.41 Å². The Morgan fingerprint density at radius 1 is 1.07 bits per heavy atom. The van der Waals surface area contributed by atoms with Crippen LogP contribution in [0, 0.1) is 5.41 Å². The summed E-state index contributed by atoms with van der Waals surface area (Å²) >= 11 is 0. The van der Waals surface area contributed by atoms with Crippen molar-refractivity contribution >= 4 is 5.91 Å². The Kier molecular flexibility index (Phi) is 5.39. The lowest BCUT2D eigenvalue weighted by atomic mass is 9.79. The molecule has 3 aliphatic heterocycles. The van der Waals surface area contributed by atoms with Crippen LogP contribution in [0.5, 0.6) is 0 Å². The maximum absolute atomic E-state index is 12.9. The third kappa shape index (κ3) is 4.13. The van der Waals surface area contributed by atoms with E-state index in [0.717, 1.165) is 39.0 Å². The van der Waals surface area contributed by atoms with E-state index in [4.69, 9.17) is 9.47 Å². The maximum Gasteiger partial charge on any atom is 0.292 e. The molecule has 0 N–H and O–H groups in total. The molecule has 2 fully saturated rings. The first-order valence-electron chi connectivity index (χ1n) is 10.2. The summed E-state index contributed by atoms with van der Waals surface area (Å²) in [6, 6.07) is 10.7. The number of hydrogen-bond donors (Lipinski definition) is 0. The molecular formula is C22H30N2O3. The van der Waals surface area contributed by atoms with Crippen LogP contribution in [-0.2, 0) is 20.7 Å². The first kappa shape index (κ1) is 18.4. The lowest BCUT2D eigenvalue weighted by Crippen LogP contribution is -2.46. The molecule has 5 heteroatoms. The van der Waals surface area contributed by atoms with Crippen LogP contribution in [-0.4, -0.2) is 61.6 Å². The minimum atomic E-state index is 0.00508. The topological polar surface area (TPSA) is 42.0 Å². The van der Waals surface area contributed by atoms with Gasteiger partial charge in [0, 0.05) is 31.6 Å². The lowest BCUT2D eigenvalue weighted by Gasteiger charge is -2.40. The zero-order chi connectivity index (χ0) is 18.7. The zero-order valence-corrected chi connectivity index (χ0v) is 16.3. The average molecular weight is 370 g/mol. The fourth-order valence-corrected chi connectivity index (χ4v) is 4.74. The van der Waals surface area contributed by atoms with E-state index in [2.05, 4.69) is 35.2 Å². The first-order valence-corrected chi connectivity index (χ1v) is 10.2. The van der Waals surface area contributed by atoms with Crippen LogP contribution in [0.1, 0.15) is 31.7 Å². The summed E-state index contributed by atoms with van der Waals surface area (Å²) < 4.78 is 11.1. The number of ether oxygens (including phenoxy) is 2. The van der Waals surface area contributed by atoms with E-state index in [1.54, 1.807) is 0 Å². The SMILES string of the molecule is CC1=C(C(=O)N2CCC3(CCCN(CCc4ccccc4)C3)C2)OCCO1. The van der Waals surface area contributed by atoms with Crippen LogP contribution >= 0.6 is 0 Å². The van der Waals surface area contributed by atoms with Gasteiger partial charge >= 0.3 is 0 Å². The zero-order valence-electron chi connectivity index (χ0n) is 16.3. The minimum Gasteiger partial charge on any atom is -0.491 e. The number of carbonyl (C=O) groups is 1. The highest BCUT2D eigenvalue weighted by Gasteiger charge is 2.43. The summed E-state index contributed by atoms with van der Waals surface area (Å²) in [5.74, 6) is 1.04. The molecule has 1 unspecified atom stereocenters. The van der Waals surface area contributed by atoms with Gasteiger partial charge in [-0.15, -0.1) is 0 Å². The van der Waals surface area contributed by atoms with E-state index in [1.165, 1.54) is 24.9 Å². The summed E-state index contributed by atoms with van der Waals surface area (Å²) in [5, 5.41) is 0. The molecule has 1 aromatic rings. The van der Waals surface area contributed by atoms with Crippen molar-refractivity contribution in [1.29, 1.82) is 0 Å². The number of carbonyl (C=O) groups excluding carboxylic acids is 1. The Morgan fingerprint density at radius 3 is 2.70 bits per heavy atom. The summed E-state index contributed by atoms with van der Waals surface area (Å²) in [6.45, 7) is 7.85. The summed E-state index contributed by atoms with van der Waals surface area (Å²) in [4.78, 5) is 17.5. The Hall–Kier alpha value is -2.01. The Labute approximate surface area is 161 Å². The Bertz CT molecular complexity index is 703. The molecule has 4 rings (SSSR count). The lowest BCUT2D eigenvalue weighted by molar-refractivity contribution is -0.132. The molecule has 1 aromatic carbocycles. The largest absolute Gasteiger partial charge is 0.491 e. The minimum absolute atomic E-state index is 0.00508. The molecule has 146 valence electrons. The predicted molar refractivity (Wildman–Crippen MR) is 104 cm³/mol. The average Bonchev–Trinajstić information content (AvgIpc) is 3.10. The number of rotatable bonds is 4. The summed E-state index contributed by atoms with van der Waals surface area (Å²) in [5.41, 5.74) is 1.64. The molecule has 2 saturated heterocycles. The number of nitrogens with zero attached hydrogens (tertiary/aromatic N) is 2. The molecular weight excluding hydrogens is 340 g/mol. The second kappa shape index (κ2) is 7.93. The van der Waals surface area contributed by atoms with Crippen LogP contribution in [0.3, 0.4) is 0 Å². The molecule has 3 aliphatic rings. The van der Waals surface area contributed by atoms with Gasteiger partial charge in [-0.2, -0.15) is 0 Å². The van der Waals surface area contributed by atoms with Crippen molar-refractivity contribution < 1.29 is 14.3 Å². The van der Waals surface area contributed by atoms with Gasteiger partial charge in [0.1, 0.15) is 19.0 Å². The number of piperidine rings is 1. The molecule has 0 radical (unpaired) electrons. The van der Waals surface area contributed by atoms with Gasteiger partial charge in [-0.05, 0) is 44.7 Å². The van der Waals surface area contributed by atoms with Crippen molar-refractivity contribution in [3.63, 3.8) is 0 Å². The maximum atomic E-state index is 12.9. The van der Waals surface area contributed by atoms with Crippen molar-refractivity contribution in [3.05, 3.63) is 47.4 Å². The van der Waals surface area contributed by atoms with Gasteiger partial charge in [0.15, 0.2) is 0 Å². The van der Waals surface area contributed by atoms with E-state index in [0.29, 0.717) is 24.7 Å². The van der Waals surface area contributed by atoms with E-state index in [1.807, 2.05) is 11.8 Å². The molecule has 1 atom stereocenters. The highest BCUT2D eigenvalue weighted by atomic mass is 16.6. The normalized spacial score (nSPS) is 26.2. The van der Waals surface area contributed by atoms with Crippen molar-refractivity contribution in [2.75, 3.05) is 45.9 Å². The molecule has 0 aliphatic carbocycles. The molecule has 5 nitrogen and oxygen atoms in total. The quantitative estimate of drug-likeness (QED) is 0.817. The van der Waals surface area contributed by atoms with Crippen molar-refractivity contribution in [3.8, 4) is 0 Å². The van der Waals surface area contributed by atoms with Gasteiger partial charge in [0.25, 0.3) is 5.91 Å². The monoisotopic (exact) mass is 370 g/mol. The van der Waals surface area contributed by atoms with Gasteiger partial charge in [-0.25, -0.2) is 0 Å². The van der Waals surface area contributed by atoms with Crippen LogP contribution in [0.4, 0.5) is 0 Å². The van der Waals surface area contributed by atoms with Crippen molar-refractivity contribution in [1.82, 2.24) is 9.80 Å². The van der Waals surface area contributed by atoms with E-state index in [-0.39, 0.29) is 11.3 Å². The van der Waals surface area contributed by atoms with Crippen LogP contribution in [0.25, 0.3) is 0 Å².